The zero-order valence-corrected chi connectivity index (χ0v) is 17.6. The highest BCUT2D eigenvalue weighted by Gasteiger charge is 2.31. The van der Waals surface area contributed by atoms with E-state index in [9.17, 15) is 35.9 Å². The molecule has 1 aliphatic heterocycles. The largest absolute Gasteiger partial charge is 0.476 e. The number of carbonyl (C=O) groups excluding carboxylic acids is 2. The summed E-state index contributed by atoms with van der Waals surface area (Å²) in [5.74, 6) is -15.4. The molecule has 0 N–H and O–H groups in total. The number of ketones is 1. The minimum Gasteiger partial charge on any atom is -0.476 e. The number of rotatable bonds is 5. The second kappa shape index (κ2) is 9.16. The third kappa shape index (κ3) is 4.44. The molecule has 5 nitrogen and oxygen atoms in total. The van der Waals surface area contributed by atoms with Crippen LogP contribution in [0.3, 0.4) is 0 Å². The van der Waals surface area contributed by atoms with Crippen molar-refractivity contribution in [1.29, 1.82) is 0 Å². The maximum atomic E-state index is 13.7. The summed E-state index contributed by atoms with van der Waals surface area (Å²) in [6.07, 6.45) is 1.33. The van der Waals surface area contributed by atoms with E-state index in [4.69, 9.17) is 9.47 Å². The molecule has 1 aliphatic rings. The molecule has 0 radical (unpaired) electrons. The van der Waals surface area contributed by atoms with Crippen LogP contribution in [-0.4, -0.2) is 18.4 Å². The lowest BCUT2D eigenvalue weighted by Crippen LogP contribution is -2.20. The van der Waals surface area contributed by atoms with Crippen LogP contribution in [-0.2, 0) is 4.79 Å². The predicted octanol–water partition coefficient (Wildman–Crippen LogP) is 5.43. The summed E-state index contributed by atoms with van der Waals surface area (Å²) in [6, 6.07) is 7.97. The third-order valence-electron chi connectivity index (χ3n) is 4.91. The first kappa shape index (κ1) is 23.9. The molecule has 0 aliphatic carbocycles. The van der Waals surface area contributed by atoms with Gasteiger partial charge in [-0.25, -0.2) is 22.4 Å². The van der Waals surface area contributed by atoms with E-state index in [1.165, 1.54) is 43.3 Å². The highest BCUT2D eigenvalue weighted by molar-refractivity contribution is 6.15. The van der Waals surface area contributed by atoms with E-state index >= 15 is 0 Å². The number of hydrogen-bond acceptors (Lipinski definition) is 5. The van der Waals surface area contributed by atoms with Crippen LogP contribution in [0, 0.1) is 41.8 Å². The van der Waals surface area contributed by atoms with E-state index < -0.39 is 59.0 Å². The molecule has 35 heavy (non-hydrogen) atoms. The van der Waals surface area contributed by atoms with Crippen LogP contribution in [0.25, 0.3) is 6.08 Å². The van der Waals surface area contributed by atoms with Gasteiger partial charge in [0.2, 0.25) is 34.9 Å². The van der Waals surface area contributed by atoms with Crippen molar-refractivity contribution in [1.82, 2.24) is 0 Å². The molecule has 0 bridgehead atoms. The van der Waals surface area contributed by atoms with Crippen LogP contribution in [0.5, 0.6) is 17.2 Å². The average molecular weight is 494 g/mol. The fourth-order valence-electron chi connectivity index (χ4n) is 3.22. The maximum absolute atomic E-state index is 13.7. The summed E-state index contributed by atoms with van der Waals surface area (Å²) in [7, 11) is 0. The summed E-state index contributed by atoms with van der Waals surface area (Å²) in [4.78, 5) is 24.7. The van der Waals surface area contributed by atoms with Gasteiger partial charge in [0.15, 0.2) is 18.1 Å². The van der Waals surface area contributed by atoms with Crippen LogP contribution < -0.4 is 14.2 Å². The van der Waals surface area contributed by atoms with Crippen LogP contribution in [0.1, 0.15) is 21.5 Å². The number of allylic oxidation sites excluding steroid dienone is 1. The monoisotopic (exact) mass is 494 g/mol. The van der Waals surface area contributed by atoms with Gasteiger partial charge in [-0.3, -0.25) is 4.79 Å². The first-order valence-corrected chi connectivity index (χ1v) is 9.76. The number of hydrogen-bond donors (Lipinski definition) is 0. The Morgan fingerprint density at radius 2 is 1.60 bits per heavy atom. The Morgan fingerprint density at radius 3 is 2.26 bits per heavy atom. The first-order chi connectivity index (χ1) is 16.6. The summed E-state index contributed by atoms with van der Waals surface area (Å²) in [5.41, 5.74) is 0.710. The molecule has 0 fully saturated rings. The van der Waals surface area contributed by atoms with Crippen LogP contribution in [0.2, 0.25) is 0 Å². The molecule has 0 saturated heterocycles. The molecule has 0 aromatic heterocycles. The van der Waals surface area contributed by atoms with Gasteiger partial charge in [0.05, 0.1) is 5.56 Å². The Balaban J connectivity index is 1.50. The number of Topliss-reactive ketones (excluding diaryl/α,β-unsaturated/α-hetero) is 1. The molecule has 3 aromatic carbocycles. The van der Waals surface area contributed by atoms with Gasteiger partial charge in [-0.05, 0) is 42.8 Å². The van der Waals surface area contributed by atoms with Crippen molar-refractivity contribution < 1.29 is 50.1 Å². The van der Waals surface area contributed by atoms with Gasteiger partial charge in [0, 0.05) is 5.56 Å². The second-order valence-electron chi connectivity index (χ2n) is 7.22. The van der Waals surface area contributed by atoms with Gasteiger partial charge in [-0.1, -0.05) is 12.1 Å². The Hall–Kier alpha value is -4.28. The first-order valence-electron chi connectivity index (χ1n) is 9.76. The van der Waals surface area contributed by atoms with Crippen molar-refractivity contribution in [2.45, 2.75) is 6.92 Å². The number of carbonyl (C=O) groups is 2. The smallest absolute Gasteiger partial charge is 0.349 e. The van der Waals surface area contributed by atoms with Gasteiger partial charge in [0.25, 0.3) is 0 Å². The molecule has 0 spiro atoms. The molecule has 180 valence electrons. The molecule has 3 aromatic rings. The quantitative estimate of drug-likeness (QED) is 0.118. The highest BCUT2D eigenvalue weighted by atomic mass is 19.2. The van der Waals surface area contributed by atoms with Crippen LogP contribution in [0.4, 0.5) is 26.3 Å². The summed E-state index contributed by atoms with van der Waals surface area (Å²) < 4.78 is 95.4. The lowest BCUT2D eigenvalue weighted by molar-refractivity contribution is -0.136. The summed E-state index contributed by atoms with van der Waals surface area (Å²) in [6.45, 7) is 0.254. The van der Waals surface area contributed by atoms with Gasteiger partial charge >= 0.3 is 5.97 Å². The minimum atomic E-state index is -2.37. The van der Waals surface area contributed by atoms with Crippen molar-refractivity contribution >= 4 is 17.8 Å². The number of halogens is 6. The van der Waals surface area contributed by atoms with E-state index in [2.05, 4.69) is 4.74 Å². The normalized spacial score (nSPS) is 13.6. The molecule has 0 saturated carbocycles. The van der Waals surface area contributed by atoms with Gasteiger partial charge in [-0.15, -0.1) is 0 Å². The standard InChI is InChI=1S/C24H12F6O5/c1-10-14(34-16(31)9-33-24-20(29)18(27)17(26)19(28)21(24)30)6-5-13-22(32)15(35-23(10)13)8-11-3-2-4-12(25)7-11/h2-8H,9H2,1H3/b15-8-. The number of ether oxygens (including phenoxy) is 3. The lowest BCUT2D eigenvalue weighted by Gasteiger charge is -2.12. The Kier molecular flexibility index (Phi) is 6.25. The molecule has 4 rings (SSSR count). The zero-order chi connectivity index (χ0) is 25.4. The zero-order valence-electron chi connectivity index (χ0n) is 17.6. The topological polar surface area (TPSA) is 61.8 Å². The van der Waals surface area contributed by atoms with Crippen molar-refractivity contribution in [2.24, 2.45) is 0 Å². The van der Waals surface area contributed by atoms with E-state index in [0.29, 0.717) is 5.56 Å². The van der Waals surface area contributed by atoms with Gasteiger partial charge in [0.1, 0.15) is 17.3 Å². The van der Waals surface area contributed by atoms with Crippen LogP contribution in [0.15, 0.2) is 42.2 Å². The second-order valence-corrected chi connectivity index (χ2v) is 7.22. The van der Waals surface area contributed by atoms with E-state index in [0.717, 1.165) is 0 Å². The lowest BCUT2D eigenvalue weighted by atomic mass is 10.1. The molecular formula is C24H12F6O5. The highest BCUT2D eigenvalue weighted by Crippen LogP contribution is 2.39. The van der Waals surface area contributed by atoms with E-state index in [-0.39, 0.29) is 28.4 Å². The van der Waals surface area contributed by atoms with Crippen molar-refractivity contribution in [2.75, 3.05) is 6.61 Å². The van der Waals surface area contributed by atoms with E-state index in [1.54, 1.807) is 6.07 Å². The van der Waals surface area contributed by atoms with Crippen LogP contribution >= 0.6 is 0 Å². The number of benzene rings is 3. The SMILES string of the molecule is Cc1c(OC(=O)COc2c(F)c(F)c(F)c(F)c2F)ccc2c1O/C(=C\c1cccc(F)c1)C2=O. The molecule has 0 atom stereocenters. The van der Waals surface area contributed by atoms with Crippen molar-refractivity contribution in [3.8, 4) is 17.2 Å². The Morgan fingerprint density at radius 1 is 0.943 bits per heavy atom. The van der Waals surface area contributed by atoms with Crippen molar-refractivity contribution in [3.05, 3.63) is 93.8 Å². The minimum absolute atomic E-state index is 0.0589. The molecular weight excluding hydrogens is 482 g/mol. The molecule has 0 unspecified atom stereocenters. The molecule has 1 heterocycles. The van der Waals surface area contributed by atoms with Gasteiger partial charge in [-0.2, -0.15) is 8.78 Å². The third-order valence-corrected chi connectivity index (χ3v) is 4.91. The maximum Gasteiger partial charge on any atom is 0.349 e. The summed E-state index contributed by atoms with van der Waals surface area (Å²) >= 11 is 0. The predicted molar refractivity (Wildman–Crippen MR) is 108 cm³/mol. The molecule has 0 amide bonds. The average Bonchev–Trinajstić information content (AvgIpc) is 3.14. The van der Waals surface area contributed by atoms with Gasteiger partial charge < -0.3 is 14.2 Å². The number of fused-ring (bicyclic) bond motifs is 1. The number of esters is 1. The Bertz CT molecular complexity index is 1390. The fourth-order valence-corrected chi connectivity index (χ4v) is 3.22. The van der Waals surface area contributed by atoms with Crippen molar-refractivity contribution in [3.63, 3.8) is 0 Å². The molecule has 11 heteroatoms. The fraction of sp³-hybridized carbons (Fsp3) is 0.0833. The van der Waals surface area contributed by atoms with E-state index in [1.807, 2.05) is 0 Å². The Labute approximate surface area is 193 Å². The summed E-state index contributed by atoms with van der Waals surface area (Å²) in [5, 5.41) is 0.